The summed E-state index contributed by atoms with van der Waals surface area (Å²) in [5, 5.41) is 6.89. The Morgan fingerprint density at radius 3 is 2.38 bits per heavy atom. The molecule has 26 heavy (non-hydrogen) atoms. The average molecular weight is 351 g/mol. The summed E-state index contributed by atoms with van der Waals surface area (Å²) in [7, 11) is 0. The van der Waals surface area contributed by atoms with Crippen LogP contribution in [0, 0.1) is 5.82 Å². The van der Waals surface area contributed by atoms with Gasteiger partial charge in [-0.15, -0.1) is 0 Å². The molecular weight excluding hydrogens is 333 g/mol. The average Bonchev–Trinajstić information content (AvgIpc) is 2.65. The van der Waals surface area contributed by atoms with E-state index in [0.717, 1.165) is 16.7 Å². The Labute approximate surface area is 150 Å². The third-order valence-electron chi connectivity index (χ3n) is 3.95. The Morgan fingerprint density at radius 2 is 1.73 bits per heavy atom. The second-order valence-electron chi connectivity index (χ2n) is 5.82. The lowest BCUT2D eigenvalue weighted by Crippen LogP contribution is -2.29. The number of aromatic nitrogens is 2. The number of carbonyl (C=O) groups is 1. The summed E-state index contributed by atoms with van der Waals surface area (Å²) >= 11 is 0. The molecule has 0 aliphatic rings. The number of halogens is 1. The summed E-state index contributed by atoms with van der Waals surface area (Å²) in [5.74, 6) is -0.799. The summed E-state index contributed by atoms with van der Waals surface area (Å²) in [5.41, 5.74) is 2.78. The number of aryl methyl sites for hydroxylation is 1. The zero-order chi connectivity index (χ0) is 18.5. The minimum absolute atomic E-state index is 0.225. The lowest BCUT2D eigenvalue weighted by Gasteiger charge is -2.09. The largest absolute Gasteiger partial charge is 0.324 e. The van der Waals surface area contributed by atoms with Gasteiger partial charge in [-0.25, -0.2) is 9.07 Å². The molecule has 0 unspecified atom stereocenters. The van der Waals surface area contributed by atoms with Crippen LogP contribution in [-0.4, -0.2) is 15.7 Å². The summed E-state index contributed by atoms with van der Waals surface area (Å²) < 4.78 is 14.0. The molecule has 0 saturated heterocycles. The van der Waals surface area contributed by atoms with Gasteiger partial charge in [0.15, 0.2) is 0 Å². The van der Waals surface area contributed by atoms with E-state index in [4.69, 9.17) is 0 Å². The molecule has 0 spiro atoms. The Kier molecular flexibility index (Phi) is 5.22. The van der Waals surface area contributed by atoms with Crippen molar-refractivity contribution >= 4 is 11.6 Å². The van der Waals surface area contributed by atoms with Gasteiger partial charge in [-0.3, -0.25) is 9.59 Å². The highest BCUT2D eigenvalue weighted by atomic mass is 19.1. The van der Waals surface area contributed by atoms with Gasteiger partial charge in [0.25, 0.3) is 5.56 Å². The van der Waals surface area contributed by atoms with Crippen molar-refractivity contribution in [3.63, 3.8) is 0 Å². The highest BCUT2D eigenvalue weighted by molar-refractivity contribution is 5.90. The lowest BCUT2D eigenvalue weighted by molar-refractivity contribution is -0.117. The quantitative estimate of drug-likeness (QED) is 0.767. The third kappa shape index (κ3) is 4.22. The number of nitrogens with zero attached hydrogens (tertiary/aromatic N) is 2. The van der Waals surface area contributed by atoms with Gasteiger partial charge in [0.05, 0.1) is 5.69 Å². The first-order valence-corrected chi connectivity index (χ1v) is 8.28. The van der Waals surface area contributed by atoms with Crippen LogP contribution in [-0.2, 0) is 17.8 Å². The number of hydrogen-bond acceptors (Lipinski definition) is 3. The van der Waals surface area contributed by atoms with Crippen molar-refractivity contribution in [2.75, 3.05) is 5.32 Å². The molecule has 3 aromatic rings. The van der Waals surface area contributed by atoms with E-state index in [1.54, 1.807) is 6.07 Å². The summed E-state index contributed by atoms with van der Waals surface area (Å²) in [6.07, 6.45) is 0.941. The zero-order valence-electron chi connectivity index (χ0n) is 14.3. The molecule has 1 aromatic heterocycles. The maximum Gasteiger partial charge on any atom is 0.267 e. The second-order valence-corrected chi connectivity index (χ2v) is 5.82. The standard InChI is InChI=1S/C20H18FN3O2/c1-2-14-3-5-15(6-4-14)18-11-12-20(26)24(23-18)13-19(25)22-17-9-7-16(21)8-10-17/h3-12H,2,13H2,1H3,(H,22,25). The molecule has 1 N–H and O–H groups in total. The fourth-order valence-corrected chi connectivity index (χ4v) is 2.50. The van der Waals surface area contributed by atoms with Crippen molar-refractivity contribution in [3.05, 3.63) is 82.4 Å². The van der Waals surface area contributed by atoms with E-state index in [-0.39, 0.29) is 17.9 Å². The SMILES string of the molecule is CCc1ccc(-c2ccc(=O)n(CC(=O)Nc3ccc(F)cc3)n2)cc1. The van der Waals surface area contributed by atoms with Crippen molar-refractivity contribution in [3.8, 4) is 11.3 Å². The van der Waals surface area contributed by atoms with Crippen LogP contribution in [0.5, 0.6) is 0 Å². The molecular formula is C20H18FN3O2. The van der Waals surface area contributed by atoms with E-state index < -0.39 is 5.91 Å². The first-order chi connectivity index (χ1) is 12.5. The molecule has 0 bridgehead atoms. The Hall–Kier alpha value is -3.28. The molecule has 0 aliphatic heterocycles. The summed E-state index contributed by atoms with van der Waals surface area (Å²) in [4.78, 5) is 24.2. The van der Waals surface area contributed by atoms with Crippen molar-refractivity contribution in [2.24, 2.45) is 0 Å². The smallest absolute Gasteiger partial charge is 0.267 e. The van der Waals surface area contributed by atoms with Crippen LogP contribution in [0.15, 0.2) is 65.5 Å². The van der Waals surface area contributed by atoms with Crippen LogP contribution in [0.25, 0.3) is 11.3 Å². The predicted molar refractivity (Wildman–Crippen MR) is 98.3 cm³/mol. The van der Waals surface area contributed by atoms with E-state index in [9.17, 15) is 14.0 Å². The third-order valence-corrected chi connectivity index (χ3v) is 3.95. The molecule has 2 aromatic carbocycles. The van der Waals surface area contributed by atoms with E-state index >= 15 is 0 Å². The van der Waals surface area contributed by atoms with Gasteiger partial charge in [0.1, 0.15) is 12.4 Å². The molecule has 0 atom stereocenters. The number of carbonyl (C=O) groups excluding carboxylic acids is 1. The fourth-order valence-electron chi connectivity index (χ4n) is 2.50. The highest BCUT2D eigenvalue weighted by Crippen LogP contribution is 2.16. The second kappa shape index (κ2) is 7.74. The maximum atomic E-state index is 12.9. The van der Waals surface area contributed by atoms with Crippen LogP contribution in [0.2, 0.25) is 0 Å². The van der Waals surface area contributed by atoms with E-state index in [2.05, 4.69) is 17.3 Å². The number of hydrogen-bond donors (Lipinski definition) is 1. The van der Waals surface area contributed by atoms with Crippen LogP contribution >= 0.6 is 0 Å². The Morgan fingerprint density at radius 1 is 1.04 bits per heavy atom. The normalized spacial score (nSPS) is 10.5. The first kappa shape index (κ1) is 17.5. The van der Waals surface area contributed by atoms with Crippen molar-refractivity contribution in [1.29, 1.82) is 0 Å². The first-order valence-electron chi connectivity index (χ1n) is 8.28. The van der Waals surface area contributed by atoms with Crippen LogP contribution in [0.1, 0.15) is 12.5 Å². The van der Waals surface area contributed by atoms with E-state index in [1.165, 1.54) is 35.9 Å². The van der Waals surface area contributed by atoms with Crippen LogP contribution in [0.3, 0.4) is 0 Å². The lowest BCUT2D eigenvalue weighted by atomic mass is 10.1. The molecule has 0 saturated carbocycles. The summed E-state index contributed by atoms with van der Waals surface area (Å²) in [6.45, 7) is 1.85. The molecule has 6 heteroatoms. The van der Waals surface area contributed by atoms with Gasteiger partial charge in [-0.1, -0.05) is 31.2 Å². The number of benzene rings is 2. The van der Waals surface area contributed by atoms with Crippen molar-refractivity contribution < 1.29 is 9.18 Å². The summed E-state index contributed by atoms with van der Waals surface area (Å²) in [6, 6.07) is 16.3. The number of rotatable bonds is 5. The molecule has 1 amide bonds. The minimum atomic E-state index is -0.412. The molecule has 0 aliphatic carbocycles. The zero-order valence-corrected chi connectivity index (χ0v) is 14.3. The predicted octanol–water partition coefficient (Wildman–Crippen LogP) is 3.25. The molecule has 1 heterocycles. The van der Waals surface area contributed by atoms with E-state index in [0.29, 0.717) is 11.4 Å². The van der Waals surface area contributed by atoms with Gasteiger partial charge in [0, 0.05) is 17.3 Å². The number of amides is 1. The molecule has 5 nitrogen and oxygen atoms in total. The Bertz CT molecular complexity index is 964. The van der Waals surface area contributed by atoms with Gasteiger partial charge in [-0.05, 0) is 42.3 Å². The van der Waals surface area contributed by atoms with Crippen molar-refractivity contribution in [2.45, 2.75) is 19.9 Å². The highest BCUT2D eigenvalue weighted by Gasteiger charge is 2.09. The van der Waals surface area contributed by atoms with Crippen molar-refractivity contribution in [1.82, 2.24) is 9.78 Å². The van der Waals surface area contributed by atoms with E-state index in [1.807, 2.05) is 24.3 Å². The monoisotopic (exact) mass is 351 g/mol. The topological polar surface area (TPSA) is 64.0 Å². The molecule has 0 radical (unpaired) electrons. The van der Waals surface area contributed by atoms with Gasteiger partial charge >= 0.3 is 0 Å². The number of anilines is 1. The van der Waals surface area contributed by atoms with Gasteiger partial charge in [-0.2, -0.15) is 5.10 Å². The Balaban J connectivity index is 1.77. The minimum Gasteiger partial charge on any atom is -0.324 e. The molecule has 0 fully saturated rings. The molecule has 3 rings (SSSR count). The van der Waals surface area contributed by atoms with Gasteiger partial charge in [0.2, 0.25) is 5.91 Å². The van der Waals surface area contributed by atoms with Crippen LogP contribution in [0.4, 0.5) is 10.1 Å². The van der Waals surface area contributed by atoms with Gasteiger partial charge < -0.3 is 5.32 Å². The molecule has 132 valence electrons. The number of nitrogens with one attached hydrogen (secondary N) is 1. The maximum absolute atomic E-state index is 12.9. The van der Waals surface area contributed by atoms with Crippen LogP contribution < -0.4 is 10.9 Å². The fraction of sp³-hybridized carbons (Fsp3) is 0.150.